The van der Waals surface area contributed by atoms with E-state index >= 15 is 0 Å². The highest BCUT2D eigenvalue weighted by Crippen LogP contribution is 2.38. The Bertz CT molecular complexity index is 822. The molecule has 11 heteroatoms. The summed E-state index contributed by atoms with van der Waals surface area (Å²) in [6, 6.07) is 2.94. The lowest BCUT2D eigenvalue weighted by molar-refractivity contribution is -0.138. The fourth-order valence-electron chi connectivity index (χ4n) is 3.48. The molecule has 3 aliphatic rings. The summed E-state index contributed by atoms with van der Waals surface area (Å²) < 4.78 is 41.9. The molecule has 3 fully saturated rings. The first kappa shape index (κ1) is 20.1. The number of ether oxygens (including phenoxy) is 1. The van der Waals surface area contributed by atoms with Gasteiger partial charge in [0.1, 0.15) is 28.1 Å². The highest BCUT2D eigenvalue weighted by atomic mass is 32.2. The number of alkyl halides is 2. The lowest BCUT2D eigenvalue weighted by atomic mass is 9.98. The SMILES string of the molecule is O=C(O)CC1(NC(=O)c2ccc(N3CC(F)(F)C3)c(OCC3CC3)n2)C[S+](O)C1. The van der Waals surface area contributed by atoms with Gasteiger partial charge in [-0.1, -0.05) is 0 Å². The molecular formula is C18H22F2N3O5S+. The highest BCUT2D eigenvalue weighted by Gasteiger charge is 2.56. The van der Waals surface area contributed by atoms with Gasteiger partial charge in [0.05, 0.1) is 26.1 Å². The predicted octanol–water partition coefficient (Wildman–Crippen LogP) is 1.37. The molecule has 29 heavy (non-hydrogen) atoms. The lowest BCUT2D eigenvalue weighted by Crippen LogP contribution is -2.66. The van der Waals surface area contributed by atoms with Crippen LogP contribution in [0.1, 0.15) is 29.8 Å². The van der Waals surface area contributed by atoms with Gasteiger partial charge < -0.3 is 20.1 Å². The molecule has 0 spiro atoms. The van der Waals surface area contributed by atoms with E-state index in [2.05, 4.69) is 10.3 Å². The number of carboxylic acid groups (broad SMARTS) is 1. The van der Waals surface area contributed by atoms with Gasteiger partial charge in [-0.15, -0.1) is 0 Å². The molecule has 1 aliphatic carbocycles. The molecular weight excluding hydrogens is 408 g/mol. The number of aliphatic carboxylic acids is 1. The Balaban J connectivity index is 1.51. The van der Waals surface area contributed by atoms with Gasteiger partial charge in [0.25, 0.3) is 11.8 Å². The second-order valence-electron chi connectivity index (χ2n) is 8.04. The van der Waals surface area contributed by atoms with E-state index in [9.17, 15) is 22.9 Å². The van der Waals surface area contributed by atoms with E-state index in [0.29, 0.717) is 18.2 Å². The van der Waals surface area contributed by atoms with Crippen LogP contribution in [0.2, 0.25) is 0 Å². The zero-order valence-corrected chi connectivity index (χ0v) is 16.4. The molecule has 1 amide bonds. The van der Waals surface area contributed by atoms with Gasteiger partial charge in [-0.25, -0.2) is 13.8 Å². The molecule has 0 aromatic carbocycles. The van der Waals surface area contributed by atoms with Gasteiger partial charge in [0.15, 0.2) is 11.5 Å². The van der Waals surface area contributed by atoms with E-state index in [4.69, 9.17) is 9.84 Å². The molecule has 0 unspecified atom stereocenters. The summed E-state index contributed by atoms with van der Waals surface area (Å²) in [5.74, 6) is -3.51. The minimum Gasteiger partial charge on any atom is -0.481 e. The number of nitrogens with one attached hydrogen (secondary N) is 1. The van der Waals surface area contributed by atoms with Crippen LogP contribution in [-0.4, -0.2) is 69.2 Å². The van der Waals surface area contributed by atoms with Crippen molar-refractivity contribution in [1.82, 2.24) is 10.3 Å². The van der Waals surface area contributed by atoms with Crippen LogP contribution in [0, 0.1) is 5.92 Å². The topological polar surface area (TPSA) is 112 Å². The van der Waals surface area contributed by atoms with Crippen LogP contribution in [0.5, 0.6) is 5.88 Å². The average Bonchev–Trinajstić information content (AvgIpc) is 3.40. The number of nitrogens with zero attached hydrogens (tertiary/aromatic N) is 2. The quantitative estimate of drug-likeness (QED) is 0.534. The van der Waals surface area contributed by atoms with Crippen molar-refractivity contribution in [3.63, 3.8) is 0 Å². The molecule has 3 N–H and O–H groups in total. The Labute approximate surface area is 168 Å². The molecule has 4 rings (SSSR count). The van der Waals surface area contributed by atoms with Crippen molar-refractivity contribution in [2.45, 2.75) is 30.7 Å². The molecule has 1 aromatic rings. The Morgan fingerprint density at radius 2 is 2.00 bits per heavy atom. The molecule has 158 valence electrons. The minimum absolute atomic E-state index is 0.0151. The molecule has 1 aromatic heterocycles. The van der Waals surface area contributed by atoms with E-state index in [1.165, 1.54) is 17.0 Å². The first-order chi connectivity index (χ1) is 13.6. The van der Waals surface area contributed by atoms with Gasteiger partial charge in [0.2, 0.25) is 5.88 Å². The van der Waals surface area contributed by atoms with Crippen molar-refractivity contribution in [2.75, 3.05) is 36.1 Å². The van der Waals surface area contributed by atoms with Crippen molar-refractivity contribution in [2.24, 2.45) is 5.92 Å². The Morgan fingerprint density at radius 1 is 1.31 bits per heavy atom. The molecule has 0 bridgehead atoms. The van der Waals surface area contributed by atoms with Crippen molar-refractivity contribution >= 4 is 28.7 Å². The maximum Gasteiger partial charge on any atom is 0.306 e. The monoisotopic (exact) mass is 430 g/mol. The van der Waals surface area contributed by atoms with Gasteiger partial charge in [-0.2, -0.15) is 4.55 Å². The fraction of sp³-hybridized carbons (Fsp3) is 0.611. The number of halogens is 2. The second-order valence-corrected chi connectivity index (χ2v) is 9.55. The number of carbonyl (C=O) groups excluding carboxylic acids is 1. The molecule has 1 saturated carbocycles. The number of carbonyl (C=O) groups is 2. The highest BCUT2D eigenvalue weighted by molar-refractivity contribution is 7.93. The number of hydrogen-bond acceptors (Lipinski definition) is 6. The van der Waals surface area contributed by atoms with Crippen molar-refractivity contribution in [3.8, 4) is 5.88 Å². The third kappa shape index (κ3) is 4.55. The summed E-state index contributed by atoms with van der Waals surface area (Å²) >= 11 is -0.918. The molecule has 2 saturated heterocycles. The zero-order valence-electron chi connectivity index (χ0n) is 15.6. The maximum absolute atomic E-state index is 13.3. The Hall–Kier alpha value is -2.14. The number of anilines is 1. The number of aromatic nitrogens is 1. The summed E-state index contributed by atoms with van der Waals surface area (Å²) in [4.78, 5) is 29.5. The fourth-order valence-corrected chi connectivity index (χ4v) is 5.02. The largest absolute Gasteiger partial charge is 0.481 e. The van der Waals surface area contributed by atoms with Gasteiger partial charge >= 0.3 is 5.97 Å². The third-order valence-corrected chi connectivity index (χ3v) is 6.94. The second kappa shape index (κ2) is 7.28. The summed E-state index contributed by atoms with van der Waals surface area (Å²) in [5, 5.41) is 11.8. The molecule has 0 radical (unpaired) electrons. The molecule has 8 nitrogen and oxygen atoms in total. The predicted molar refractivity (Wildman–Crippen MR) is 102 cm³/mol. The van der Waals surface area contributed by atoms with E-state index in [0.717, 1.165) is 12.8 Å². The van der Waals surface area contributed by atoms with Gasteiger partial charge in [-0.3, -0.25) is 9.59 Å². The molecule has 2 aliphatic heterocycles. The molecule has 0 atom stereocenters. The van der Waals surface area contributed by atoms with Gasteiger partial charge in [-0.05, 0) is 30.9 Å². The first-order valence-electron chi connectivity index (χ1n) is 9.32. The Kier molecular flexibility index (Phi) is 5.06. The summed E-state index contributed by atoms with van der Waals surface area (Å²) in [6.45, 7) is -0.452. The van der Waals surface area contributed by atoms with Crippen LogP contribution >= 0.6 is 0 Å². The summed E-state index contributed by atoms with van der Waals surface area (Å²) in [7, 11) is 0. The van der Waals surface area contributed by atoms with Crippen LogP contribution in [0.3, 0.4) is 0 Å². The van der Waals surface area contributed by atoms with Gasteiger partial charge in [0, 0.05) is 0 Å². The van der Waals surface area contributed by atoms with Crippen LogP contribution in [0.25, 0.3) is 0 Å². The smallest absolute Gasteiger partial charge is 0.306 e. The maximum atomic E-state index is 13.3. The Morgan fingerprint density at radius 3 is 2.55 bits per heavy atom. The van der Waals surface area contributed by atoms with E-state index < -0.39 is 47.6 Å². The number of amides is 1. The van der Waals surface area contributed by atoms with E-state index in [1.54, 1.807) is 0 Å². The van der Waals surface area contributed by atoms with Crippen LogP contribution in [0.4, 0.5) is 14.5 Å². The summed E-state index contributed by atoms with van der Waals surface area (Å²) in [6.07, 6.45) is 1.78. The normalized spacial score (nSPS) is 27.6. The first-order valence-corrected chi connectivity index (χ1v) is 10.8. The summed E-state index contributed by atoms with van der Waals surface area (Å²) in [5.41, 5.74) is -0.578. The lowest BCUT2D eigenvalue weighted by Gasteiger charge is -2.40. The molecule has 3 heterocycles. The van der Waals surface area contributed by atoms with E-state index in [1.807, 2.05) is 0 Å². The number of hydrogen-bond donors (Lipinski definition) is 3. The number of carboxylic acids is 1. The average molecular weight is 430 g/mol. The number of pyridine rings is 1. The van der Waals surface area contributed by atoms with Crippen molar-refractivity contribution in [3.05, 3.63) is 17.8 Å². The number of rotatable bonds is 8. The van der Waals surface area contributed by atoms with Crippen LogP contribution in [0.15, 0.2) is 12.1 Å². The third-order valence-electron chi connectivity index (χ3n) is 5.16. The zero-order chi connectivity index (χ0) is 20.8. The van der Waals surface area contributed by atoms with Crippen molar-refractivity contribution < 1.29 is 32.8 Å². The standard InChI is InChI=1S/C18H21F2N3O5S/c19-18(20)7-23(8-18)13-4-3-12(21-16(13)28-6-11-1-2-11)15(26)22-17(5-14(24)25)9-29(27)10-17/h3-4,11,27H,1-2,5-10H2,(H-,22,24,25,26)/p+1. The van der Waals surface area contributed by atoms with Crippen molar-refractivity contribution in [1.29, 1.82) is 0 Å². The van der Waals surface area contributed by atoms with Crippen LogP contribution < -0.4 is 15.0 Å². The van der Waals surface area contributed by atoms with Crippen LogP contribution in [-0.2, 0) is 16.0 Å². The minimum atomic E-state index is -2.75. The van der Waals surface area contributed by atoms with E-state index in [-0.39, 0.29) is 29.5 Å².